The number of carbonyl (C=O) groups is 1. The predicted molar refractivity (Wildman–Crippen MR) is 117 cm³/mol. The number of hydrogen-bond acceptors (Lipinski definition) is 2. The maximum atomic E-state index is 12.8. The molecule has 4 rings (SSSR count). The van der Waals surface area contributed by atoms with Crippen LogP contribution in [0.15, 0.2) is 77.3 Å². The average molecular weight is 434 g/mol. The molecule has 1 amide bonds. The number of nitrogens with zero attached hydrogens (tertiary/aromatic N) is 1. The molecule has 0 N–H and O–H groups in total. The lowest BCUT2D eigenvalue weighted by molar-refractivity contribution is -0.112. The molecule has 0 aliphatic carbocycles. The molecule has 1 aliphatic heterocycles. The van der Waals surface area contributed by atoms with E-state index in [0.29, 0.717) is 13.2 Å². The van der Waals surface area contributed by atoms with Gasteiger partial charge in [0, 0.05) is 22.2 Å². The summed E-state index contributed by atoms with van der Waals surface area (Å²) >= 11 is 3.43. The molecule has 28 heavy (non-hydrogen) atoms. The molecule has 3 nitrogen and oxygen atoms in total. The number of fused-ring (bicyclic) bond motifs is 1. The minimum atomic E-state index is 0.0549. The summed E-state index contributed by atoms with van der Waals surface area (Å²) in [6.07, 6.45) is 1.95. The lowest BCUT2D eigenvalue weighted by Crippen LogP contribution is -2.25. The Morgan fingerprint density at radius 3 is 2.39 bits per heavy atom. The second-order valence-electron chi connectivity index (χ2n) is 6.61. The summed E-state index contributed by atoms with van der Waals surface area (Å²) in [5.41, 5.74) is 4.80. The smallest absolute Gasteiger partial charge is 0.258 e. The number of carbonyl (C=O) groups excluding carboxylic acids is 1. The van der Waals surface area contributed by atoms with Crippen LogP contribution in [0, 0.1) is 0 Å². The molecule has 0 saturated carbocycles. The SMILES string of the molecule is CCN1C(=O)/C(=C\c2ccc(OCc3ccc(Br)cc3)cc2)c2ccccc21. The van der Waals surface area contributed by atoms with Crippen LogP contribution in [0.5, 0.6) is 5.75 Å². The number of amides is 1. The van der Waals surface area contributed by atoms with Gasteiger partial charge in [-0.25, -0.2) is 0 Å². The minimum Gasteiger partial charge on any atom is -0.489 e. The molecule has 0 saturated heterocycles. The Morgan fingerprint density at radius 2 is 1.68 bits per heavy atom. The Bertz CT molecular complexity index is 1020. The van der Waals surface area contributed by atoms with E-state index in [9.17, 15) is 4.79 Å². The number of likely N-dealkylation sites (N-methyl/N-ethyl adjacent to an activating group) is 1. The summed E-state index contributed by atoms with van der Waals surface area (Å²) in [7, 11) is 0. The van der Waals surface area contributed by atoms with E-state index in [4.69, 9.17) is 4.74 Å². The van der Waals surface area contributed by atoms with Gasteiger partial charge in [-0.1, -0.05) is 58.4 Å². The molecule has 4 heteroatoms. The number of halogens is 1. The second-order valence-corrected chi connectivity index (χ2v) is 7.52. The molecule has 1 heterocycles. The zero-order chi connectivity index (χ0) is 19.5. The fourth-order valence-electron chi connectivity index (χ4n) is 3.33. The number of benzene rings is 3. The van der Waals surface area contributed by atoms with Gasteiger partial charge in [0.05, 0.1) is 5.69 Å². The van der Waals surface area contributed by atoms with Crippen molar-refractivity contribution in [1.29, 1.82) is 0 Å². The number of rotatable bonds is 5. The van der Waals surface area contributed by atoms with Gasteiger partial charge < -0.3 is 9.64 Å². The van der Waals surface area contributed by atoms with Crippen LogP contribution in [-0.2, 0) is 11.4 Å². The molecule has 0 unspecified atom stereocenters. The largest absolute Gasteiger partial charge is 0.489 e. The van der Waals surface area contributed by atoms with Crippen molar-refractivity contribution in [3.63, 3.8) is 0 Å². The Labute approximate surface area is 173 Å². The highest BCUT2D eigenvalue weighted by atomic mass is 79.9. The van der Waals surface area contributed by atoms with Crippen molar-refractivity contribution >= 4 is 39.2 Å². The zero-order valence-corrected chi connectivity index (χ0v) is 17.1. The maximum Gasteiger partial charge on any atom is 0.258 e. The van der Waals surface area contributed by atoms with E-state index in [-0.39, 0.29) is 5.91 Å². The van der Waals surface area contributed by atoms with Gasteiger partial charge in [-0.05, 0) is 54.5 Å². The fourth-order valence-corrected chi connectivity index (χ4v) is 3.60. The van der Waals surface area contributed by atoms with Gasteiger partial charge in [-0.15, -0.1) is 0 Å². The number of anilines is 1. The average Bonchev–Trinajstić information content (AvgIpc) is 2.99. The van der Waals surface area contributed by atoms with E-state index in [1.807, 2.05) is 90.7 Å². The van der Waals surface area contributed by atoms with Crippen molar-refractivity contribution in [2.24, 2.45) is 0 Å². The van der Waals surface area contributed by atoms with Gasteiger partial charge in [0.15, 0.2) is 0 Å². The van der Waals surface area contributed by atoms with Gasteiger partial charge >= 0.3 is 0 Å². The number of para-hydroxylation sites is 1. The predicted octanol–water partition coefficient (Wildman–Crippen LogP) is 5.94. The third-order valence-corrected chi connectivity index (χ3v) is 5.32. The van der Waals surface area contributed by atoms with Gasteiger partial charge in [-0.3, -0.25) is 4.79 Å². The van der Waals surface area contributed by atoms with Crippen molar-refractivity contribution < 1.29 is 9.53 Å². The lowest BCUT2D eigenvalue weighted by Gasteiger charge is -2.13. The molecule has 1 aliphatic rings. The second kappa shape index (κ2) is 8.03. The molecule has 0 bridgehead atoms. The third kappa shape index (κ3) is 3.73. The lowest BCUT2D eigenvalue weighted by atomic mass is 10.0. The highest BCUT2D eigenvalue weighted by Crippen LogP contribution is 2.37. The molecule has 0 aromatic heterocycles. The van der Waals surface area contributed by atoms with E-state index >= 15 is 0 Å². The van der Waals surface area contributed by atoms with Crippen LogP contribution in [-0.4, -0.2) is 12.5 Å². The molecule has 0 spiro atoms. The van der Waals surface area contributed by atoms with Crippen molar-refractivity contribution in [1.82, 2.24) is 0 Å². The molecular formula is C24H20BrNO2. The quantitative estimate of drug-likeness (QED) is 0.466. The Morgan fingerprint density at radius 1 is 0.964 bits per heavy atom. The first-order chi connectivity index (χ1) is 13.7. The minimum absolute atomic E-state index is 0.0549. The first-order valence-electron chi connectivity index (χ1n) is 9.26. The highest BCUT2D eigenvalue weighted by Gasteiger charge is 2.30. The van der Waals surface area contributed by atoms with E-state index in [0.717, 1.165) is 38.2 Å². The maximum absolute atomic E-state index is 12.8. The van der Waals surface area contributed by atoms with E-state index in [2.05, 4.69) is 15.9 Å². The van der Waals surface area contributed by atoms with Gasteiger partial charge in [0.25, 0.3) is 5.91 Å². The molecule has 0 atom stereocenters. The summed E-state index contributed by atoms with van der Waals surface area (Å²) in [5, 5.41) is 0. The van der Waals surface area contributed by atoms with Crippen molar-refractivity contribution in [3.8, 4) is 5.75 Å². The van der Waals surface area contributed by atoms with Crippen LogP contribution in [0.2, 0.25) is 0 Å². The van der Waals surface area contributed by atoms with Crippen LogP contribution in [0.4, 0.5) is 5.69 Å². The Hall–Kier alpha value is -2.85. The van der Waals surface area contributed by atoms with Crippen molar-refractivity contribution in [2.75, 3.05) is 11.4 Å². The Balaban J connectivity index is 1.51. The highest BCUT2D eigenvalue weighted by molar-refractivity contribution is 9.10. The first kappa shape index (κ1) is 18.5. The third-order valence-electron chi connectivity index (χ3n) is 4.79. The summed E-state index contributed by atoms with van der Waals surface area (Å²) in [4.78, 5) is 14.6. The summed E-state index contributed by atoms with van der Waals surface area (Å²) < 4.78 is 6.91. The van der Waals surface area contributed by atoms with Gasteiger partial charge in [0.1, 0.15) is 12.4 Å². The normalized spacial score (nSPS) is 14.4. The fraction of sp³-hybridized carbons (Fsp3) is 0.125. The number of hydrogen-bond donors (Lipinski definition) is 0. The van der Waals surface area contributed by atoms with Crippen LogP contribution in [0.3, 0.4) is 0 Å². The zero-order valence-electron chi connectivity index (χ0n) is 15.6. The monoisotopic (exact) mass is 433 g/mol. The van der Waals surface area contributed by atoms with Crippen LogP contribution in [0.1, 0.15) is 23.6 Å². The van der Waals surface area contributed by atoms with Crippen LogP contribution in [0.25, 0.3) is 11.6 Å². The summed E-state index contributed by atoms with van der Waals surface area (Å²) in [6, 6.07) is 23.9. The van der Waals surface area contributed by atoms with Crippen molar-refractivity contribution in [3.05, 3.63) is 94.0 Å². The molecule has 0 fully saturated rings. The van der Waals surface area contributed by atoms with Crippen LogP contribution >= 0.6 is 15.9 Å². The topological polar surface area (TPSA) is 29.5 Å². The number of ether oxygens (including phenoxy) is 1. The van der Waals surface area contributed by atoms with E-state index in [1.165, 1.54) is 0 Å². The Kier molecular flexibility index (Phi) is 5.31. The standard InChI is InChI=1S/C24H20BrNO2/c1-2-26-23-6-4-3-5-21(23)22(24(26)27)15-17-9-13-20(14-10-17)28-16-18-7-11-19(25)12-8-18/h3-15H,2,16H2,1H3/b22-15-. The van der Waals surface area contributed by atoms with Crippen LogP contribution < -0.4 is 9.64 Å². The molecule has 3 aromatic carbocycles. The summed E-state index contributed by atoms with van der Waals surface area (Å²) in [5.74, 6) is 0.859. The summed E-state index contributed by atoms with van der Waals surface area (Å²) in [6.45, 7) is 3.18. The van der Waals surface area contributed by atoms with Gasteiger partial charge in [0.2, 0.25) is 0 Å². The first-order valence-corrected chi connectivity index (χ1v) is 10.1. The van der Waals surface area contributed by atoms with Gasteiger partial charge in [-0.2, -0.15) is 0 Å². The molecule has 0 radical (unpaired) electrons. The molecule has 3 aromatic rings. The van der Waals surface area contributed by atoms with E-state index < -0.39 is 0 Å². The van der Waals surface area contributed by atoms with Crippen molar-refractivity contribution in [2.45, 2.75) is 13.5 Å². The van der Waals surface area contributed by atoms with E-state index in [1.54, 1.807) is 0 Å². The molecule has 140 valence electrons. The molecular weight excluding hydrogens is 414 g/mol.